The maximum absolute atomic E-state index is 12.6. The Morgan fingerprint density at radius 2 is 2.08 bits per heavy atom. The zero-order chi connectivity index (χ0) is 18.3. The van der Waals surface area contributed by atoms with Crippen LogP contribution in [0, 0.1) is 18.3 Å². The van der Waals surface area contributed by atoms with Crippen molar-refractivity contribution < 1.29 is 13.5 Å². The van der Waals surface area contributed by atoms with Crippen molar-refractivity contribution in [2.45, 2.75) is 38.8 Å². The van der Waals surface area contributed by atoms with Crippen LogP contribution in [-0.2, 0) is 0 Å². The molecule has 2 heterocycles. The second-order valence-electron chi connectivity index (χ2n) is 6.57. The van der Waals surface area contributed by atoms with Crippen LogP contribution in [0.25, 0.3) is 22.3 Å². The van der Waals surface area contributed by atoms with Crippen LogP contribution in [0.4, 0.5) is 8.78 Å². The normalized spacial score (nSPS) is 14.4. The van der Waals surface area contributed by atoms with Gasteiger partial charge in [-0.05, 0) is 49.9 Å². The first kappa shape index (κ1) is 16.5. The van der Waals surface area contributed by atoms with Crippen LogP contribution < -0.4 is 4.74 Å². The van der Waals surface area contributed by atoms with Crippen molar-refractivity contribution >= 4 is 10.9 Å². The lowest BCUT2D eigenvalue weighted by atomic mass is 9.92. The minimum absolute atomic E-state index is 0.0958. The van der Waals surface area contributed by atoms with Crippen LogP contribution >= 0.6 is 0 Å². The van der Waals surface area contributed by atoms with Crippen molar-refractivity contribution in [3.63, 3.8) is 0 Å². The van der Waals surface area contributed by atoms with Crippen LogP contribution in [0.1, 0.15) is 36.4 Å². The van der Waals surface area contributed by atoms with Crippen molar-refractivity contribution in [2.24, 2.45) is 0 Å². The molecule has 0 amide bonds. The highest BCUT2D eigenvalue weighted by molar-refractivity contribution is 5.95. The molecule has 1 aromatic carbocycles. The number of aromatic nitrogens is 2. The fourth-order valence-corrected chi connectivity index (χ4v) is 3.46. The van der Waals surface area contributed by atoms with Crippen molar-refractivity contribution in [2.75, 3.05) is 0 Å². The number of rotatable bonds is 4. The zero-order valence-corrected chi connectivity index (χ0v) is 14.2. The zero-order valence-electron chi connectivity index (χ0n) is 14.2. The van der Waals surface area contributed by atoms with Crippen LogP contribution in [-0.4, -0.2) is 16.2 Å². The summed E-state index contributed by atoms with van der Waals surface area (Å²) in [6.07, 6.45) is 4.87. The molecular weight excluding hydrogens is 336 g/mol. The minimum atomic E-state index is -2.88. The summed E-state index contributed by atoms with van der Waals surface area (Å²) in [7, 11) is 0. The Kier molecular flexibility index (Phi) is 4.08. The summed E-state index contributed by atoms with van der Waals surface area (Å²) in [5.41, 5.74) is 3.76. The largest absolute Gasteiger partial charge is 0.435 e. The second-order valence-corrected chi connectivity index (χ2v) is 6.57. The predicted molar refractivity (Wildman–Crippen MR) is 94.1 cm³/mol. The predicted octanol–water partition coefficient (Wildman–Crippen LogP) is 5.21. The third-order valence-electron chi connectivity index (χ3n) is 4.91. The molecule has 0 bridgehead atoms. The molecule has 0 atom stereocenters. The molecule has 2 aromatic heterocycles. The summed E-state index contributed by atoms with van der Waals surface area (Å²) in [6, 6.07) is 11.1. The maximum atomic E-state index is 12.6. The average molecular weight is 353 g/mol. The molecule has 0 N–H and O–H groups in total. The number of nitrogens with zero attached hydrogens (tertiary/aromatic N) is 3. The molecule has 3 aromatic rings. The van der Waals surface area contributed by atoms with E-state index in [1.807, 2.05) is 19.1 Å². The van der Waals surface area contributed by atoms with E-state index in [0.29, 0.717) is 11.3 Å². The van der Waals surface area contributed by atoms with Crippen LogP contribution in [0.5, 0.6) is 5.75 Å². The number of ether oxygens (including phenoxy) is 1. The summed E-state index contributed by atoms with van der Waals surface area (Å²) in [6.45, 7) is -0.925. The lowest BCUT2D eigenvalue weighted by Gasteiger charge is -2.30. The molecule has 132 valence electrons. The SMILES string of the molecule is Cc1ccc(-c2c(C#N)c3ccc(OC(F)F)cc3n2C2CCC2)nc1. The van der Waals surface area contributed by atoms with Crippen molar-refractivity contribution in [3.05, 3.63) is 47.7 Å². The highest BCUT2D eigenvalue weighted by atomic mass is 19.3. The van der Waals surface area contributed by atoms with E-state index in [1.54, 1.807) is 18.3 Å². The lowest BCUT2D eigenvalue weighted by molar-refractivity contribution is -0.0497. The molecule has 4 nitrogen and oxygen atoms in total. The topological polar surface area (TPSA) is 50.8 Å². The Bertz CT molecular complexity index is 999. The van der Waals surface area contributed by atoms with E-state index in [1.165, 1.54) is 6.07 Å². The molecule has 1 aliphatic rings. The molecule has 0 aliphatic heterocycles. The van der Waals surface area contributed by atoms with E-state index in [0.717, 1.165) is 41.4 Å². The third-order valence-corrected chi connectivity index (χ3v) is 4.91. The van der Waals surface area contributed by atoms with Gasteiger partial charge in [0.25, 0.3) is 0 Å². The number of alkyl halides is 2. The van der Waals surface area contributed by atoms with E-state index >= 15 is 0 Å². The fourth-order valence-electron chi connectivity index (χ4n) is 3.46. The summed E-state index contributed by atoms with van der Waals surface area (Å²) in [5, 5.41) is 10.5. The number of nitriles is 1. The molecule has 0 radical (unpaired) electrons. The first-order valence-corrected chi connectivity index (χ1v) is 8.54. The Labute approximate surface area is 149 Å². The number of hydrogen-bond donors (Lipinski definition) is 0. The third kappa shape index (κ3) is 2.70. The van der Waals surface area contributed by atoms with Crippen LogP contribution in [0.2, 0.25) is 0 Å². The van der Waals surface area contributed by atoms with Gasteiger partial charge in [-0.3, -0.25) is 4.98 Å². The van der Waals surface area contributed by atoms with Gasteiger partial charge in [0.2, 0.25) is 0 Å². The lowest BCUT2D eigenvalue weighted by Crippen LogP contribution is -2.18. The number of halogens is 2. The van der Waals surface area contributed by atoms with Gasteiger partial charge in [0.05, 0.1) is 22.5 Å². The highest BCUT2D eigenvalue weighted by Crippen LogP contribution is 2.42. The van der Waals surface area contributed by atoms with Gasteiger partial charge in [0.15, 0.2) is 0 Å². The van der Waals surface area contributed by atoms with Crippen molar-refractivity contribution in [3.8, 4) is 23.2 Å². The molecule has 1 saturated carbocycles. The van der Waals surface area contributed by atoms with Gasteiger partial charge in [-0.2, -0.15) is 14.0 Å². The average Bonchev–Trinajstić information content (AvgIpc) is 2.87. The maximum Gasteiger partial charge on any atom is 0.387 e. The molecule has 4 rings (SSSR count). The van der Waals surface area contributed by atoms with Gasteiger partial charge in [0, 0.05) is 23.7 Å². The van der Waals surface area contributed by atoms with Crippen LogP contribution in [0.3, 0.4) is 0 Å². The van der Waals surface area contributed by atoms with E-state index in [9.17, 15) is 14.0 Å². The Morgan fingerprint density at radius 3 is 2.65 bits per heavy atom. The van der Waals surface area contributed by atoms with E-state index in [4.69, 9.17) is 0 Å². The van der Waals surface area contributed by atoms with E-state index < -0.39 is 6.61 Å². The first-order valence-electron chi connectivity index (χ1n) is 8.54. The molecule has 0 unspecified atom stereocenters. The second kappa shape index (κ2) is 6.41. The summed E-state index contributed by atoms with van der Waals surface area (Å²) in [4.78, 5) is 4.50. The number of fused-ring (bicyclic) bond motifs is 1. The highest BCUT2D eigenvalue weighted by Gasteiger charge is 2.28. The van der Waals surface area contributed by atoms with Crippen molar-refractivity contribution in [1.29, 1.82) is 5.26 Å². The van der Waals surface area contributed by atoms with E-state index in [2.05, 4.69) is 20.4 Å². The van der Waals surface area contributed by atoms with Crippen LogP contribution in [0.15, 0.2) is 36.5 Å². The van der Waals surface area contributed by atoms with Gasteiger partial charge in [0.1, 0.15) is 11.8 Å². The number of aryl methyl sites for hydroxylation is 1. The molecular formula is C20H17F2N3O. The Hall–Kier alpha value is -2.94. The van der Waals surface area contributed by atoms with Crippen molar-refractivity contribution in [1.82, 2.24) is 9.55 Å². The van der Waals surface area contributed by atoms with E-state index in [-0.39, 0.29) is 11.8 Å². The van der Waals surface area contributed by atoms with Gasteiger partial charge in [-0.25, -0.2) is 0 Å². The Morgan fingerprint density at radius 1 is 1.27 bits per heavy atom. The molecule has 0 saturated heterocycles. The Balaban J connectivity index is 1.99. The quantitative estimate of drug-likeness (QED) is 0.647. The number of pyridine rings is 1. The van der Waals surface area contributed by atoms with Gasteiger partial charge in [-0.1, -0.05) is 6.07 Å². The van der Waals surface area contributed by atoms with Gasteiger partial charge in [-0.15, -0.1) is 0 Å². The number of hydrogen-bond acceptors (Lipinski definition) is 3. The number of benzene rings is 1. The minimum Gasteiger partial charge on any atom is -0.435 e. The summed E-state index contributed by atoms with van der Waals surface area (Å²) < 4.78 is 31.9. The van der Waals surface area contributed by atoms with Gasteiger partial charge < -0.3 is 9.30 Å². The fraction of sp³-hybridized carbons (Fsp3) is 0.300. The smallest absolute Gasteiger partial charge is 0.387 e. The molecule has 6 heteroatoms. The summed E-state index contributed by atoms with van der Waals surface area (Å²) >= 11 is 0. The van der Waals surface area contributed by atoms with Gasteiger partial charge >= 0.3 is 6.61 Å². The molecule has 1 aliphatic carbocycles. The standard InChI is InChI=1S/C20H17F2N3O/c1-12-5-8-17(24-11-12)19-16(10-23)15-7-6-14(26-20(21)22)9-18(15)25(19)13-3-2-4-13/h5-9,11,13,20H,2-4H2,1H3. The molecule has 0 spiro atoms. The molecule has 1 fully saturated rings. The molecule has 26 heavy (non-hydrogen) atoms. The monoisotopic (exact) mass is 353 g/mol. The first-order chi connectivity index (χ1) is 12.6. The summed E-state index contributed by atoms with van der Waals surface area (Å²) in [5.74, 6) is 0.0958.